The van der Waals surface area contributed by atoms with Gasteiger partial charge in [-0.25, -0.2) is 0 Å². The van der Waals surface area contributed by atoms with Crippen LogP contribution in [0.3, 0.4) is 0 Å². The average Bonchev–Trinajstić information content (AvgIpc) is 2.82. The number of hydrogen-bond donors (Lipinski definition) is 1. The molecule has 0 fully saturated rings. The SMILES string of the molecule is COc1cccc([C@@H](C)NCc2nnc(C)o2)c1. The average molecular weight is 247 g/mol. The number of nitrogens with one attached hydrogen (secondary N) is 1. The van der Waals surface area contributed by atoms with E-state index >= 15 is 0 Å². The van der Waals surface area contributed by atoms with E-state index < -0.39 is 0 Å². The first kappa shape index (κ1) is 12.6. The molecular formula is C13H17N3O2. The van der Waals surface area contributed by atoms with Gasteiger partial charge in [0.2, 0.25) is 11.8 Å². The standard InChI is InChI=1S/C13H17N3O2/c1-9(11-5-4-6-12(7-11)17-3)14-8-13-16-15-10(2)18-13/h4-7,9,14H,8H2,1-3H3/t9-/m1/s1. The van der Waals surface area contributed by atoms with Crippen molar-refractivity contribution < 1.29 is 9.15 Å². The van der Waals surface area contributed by atoms with Crippen LogP contribution < -0.4 is 10.1 Å². The molecule has 0 bridgehead atoms. The van der Waals surface area contributed by atoms with Crippen LogP contribution in [0.25, 0.3) is 0 Å². The third-order valence-electron chi connectivity index (χ3n) is 2.72. The molecule has 0 aliphatic rings. The Labute approximate surface area is 106 Å². The van der Waals surface area contributed by atoms with E-state index in [1.807, 2.05) is 18.2 Å². The zero-order valence-electron chi connectivity index (χ0n) is 10.8. The summed E-state index contributed by atoms with van der Waals surface area (Å²) in [6.07, 6.45) is 0. The highest BCUT2D eigenvalue weighted by Crippen LogP contribution is 2.18. The van der Waals surface area contributed by atoms with Gasteiger partial charge in [0.25, 0.3) is 0 Å². The molecule has 2 rings (SSSR count). The fraction of sp³-hybridized carbons (Fsp3) is 0.385. The molecule has 1 heterocycles. The molecule has 1 aromatic carbocycles. The van der Waals surface area contributed by atoms with Crippen molar-refractivity contribution in [2.24, 2.45) is 0 Å². The van der Waals surface area contributed by atoms with Gasteiger partial charge in [0.15, 0.2) is 0 Å². The Morgan fingerprint density at radius 1 is 1.39 bits per heavy atom. The van der Waals surface area contributed by atoms with Crippen LogP contribution in [-0.2, 0) is 6.54 Å². The summed E-state index contributed by atoms with van der Waals surface area (Å²) in [4.78, 5) is 0. The lowest BCUT2D eigenvalue weighted by molar-refractivity contribution is 0.411. The maximum atomic E-state index is 5.31. The first-order valence-electron chi connectivity index (χ1n) is 5.85. The minimum atomic E-state index is 0.187. The van der Waals surface area contributed by atoms with Crippen molar-refractivity contribution >= 4 is 0 Å². The van der Waals surface area contributed by atoms with Crippen LogP contribution in [0.5, 0.6) is 5.75 Å². The number of methoxy groups -OCH3 is 1. The molecule has 18 heavy (non-hydrogen) atoms. The maximum absolute atomic E-state index is 5.31. The first-order valence-corrected chi connectivity index (χ1v) is 5.85. The van der Waals surface area contributed by atoms with Crippen LogP contribution in [0.1, 0.15) is 30.3 Å². The number of rotatable bonds is 5. The summed E-state index contributed by atoms with van der Waals surface area (Å²) >= 11 is 0. The Morgan fingerprint density at radius 3 is 2.89 bits per heavy atom. The highest BCUT2D eigenvalue weighted by Gasteiger charge is 2.08. The van der Waals surface area contributed by atoms with Crippen molar-refractivity contribution in [2.45, 2.75) is 26.4 Å². The van der Waals surface area contributed by atoms with Crippen molar-refractivity contribution in [3.8, 4) is 5.75 Å². The van der Waals surface area contributed by atoms with E-state index in [4.69, 9.17) is 9.15 Å². The molecule has 0 spiro atoms. The number of ether oxygens (including phenoxy) is 1. The van der Waals surface area contributed by atoms with Gasteiger partial charge in [-0.1, -0.05) is 12.1 Å². The Balaban J connectivity index is 1.96. The van der Waals surface area contributed by atoms with Gasteiger partial charge in [-0.15, -0.1) is 10.2 Å². The predicted molar refractivity (Wildman–Crippen MR) is 67.3 cm³/mol. The smallest absolute Gasteiger partial charge is 0.230 e. The van der Waals surface area contributed by atoms with E-state index in [1.165, 1.54) is 0 Å². The van der Waals surface area contributed by atoms with Crippen molar-refractivity contribution in [3.63, 3.8) is 0 Å². The van der Waals surface area contributed by atoms with E-state index in [0.717, 1.165) is 11.3 Å². The normalized spacial score (nSPS) is 12.4. The van der Waals surface area contributed by atoms with Crippen LogP contribution in [0.2, 0.25) is 0 Å². The second-order valence-corrected chi connectivity index (χ2v) is 4.09. The molecule has 0 amide bonds. The zero-order valence-corrected chi connectivity index (χ0v) is 10.8. The molecule has 0 aliphatic heterocycles. The third kappa shape index (κ3) is 3.07. The Hall–Kier alpha value is -1.88. The predicted octanol–water partition coefficient (Wildman–Crippen LogP) is 2.24. The molecule has 1 atom stereocenters. The van der Waals surface area contributed by atoms with Crippen LogP contribution in [-0.4, -0.2) is 17.3 Å². The second kappa shape index (κ2) is 5.64. The molecule has 2 aromatic rings. The molecule has 1 aromatic heterocycles. The van der Waals surface area contributed by atoms with Crippen molar-refractivity contribution in [3.05, 3.63) is 41.6 Å². The van der Waals surface area contributed by atoms with Crippen LogP contribution in [0.15, 0.2) is 28.7 Å². The van der Waals surface area contributed by atoms with Gasteiger partial charge in [0.05, 0.1) is 13.7 Å². The number of benzene rings is 1. The minimum Gasteiger partial charge on any atom is -0.497 e. The third-order valence-corrected chi connectivity index (χ3v) is 2.72. The van der Waals surface area contributed by atoms with E-state index in [-0.39, 0.29) is 6.04 Å². The molecule has 96 valence electrons. The highest BCUT2D eigenvalue weighted by molar-refractivity contribution is 5.30. The van der Waals surface area contributed by atoms with Gasteiger partial charge in [0, 0.05) is 13.0 Å². The summed E-state index contributed by atoms with van der Waals surface area (Å²) in [5, 5.41) is 11.1. The quantitative estimate of drug-likeness (QED) is 0.878. The molecule has 1 N–H and O–H groups in total. The second-order valence-electron chi connectivity index (χ2n) is 4.09. The summed E-state index contributed by atoms with van der Waals surface area (Å²) in [5.74, 6) is 2.04. The first-order chi connectivity index (χ1) is 8.69. The summed E-state index contributed by atoms with van der Waals surface area (Å²) in [5.41, 5.74) is 1.16. The van der Waals surface area contributed by atoms with Gasteiger partial charge >= 0.3 is 0 Å². The van der Waals surface area contributed by atoms with Crippen LogP contribution >= 0.6 is 0 Å². The molecule has 0 saturated heterocycles. The maximum Gasteiger partial charge on any atom is 0.230 e. The van der Waals surface area contributed by atoms with Gasteiger partial charge in [0.1, 0.15) is 5.75 Å². The largest absolute Gasteiger partial charge is 0.497 e. The lowest BCUT2D eigenvalue weighted by Crippen LogP contribution is -2.18. The van der Waals surface area contributed by atoms with Crippen LogP contribution in [0, 0.1) is 6.92 Å². The number of aromatic nitrogens is 2. The van der Waals surface area contributed by atoms with E-state index in [0.29, 0.717) is 18.3 Å². The molecule has 0 aliphatic carbocycles. The summed E-state index contributed by atoms with van der Waals surface area (Å²) in [7, 11) is 1.67. The topological polar surface area (TPSA) is 60.2 Å². The molecule has 0 radical (unpaired) electrons. The number of aryl methyl sites for hydroxylation is 1. The van der Waals surface area contributed by atoms with E-state index in [9.17, 15) is 0 Å². The van der Waals surface area contributed by atoms with Gasteiger partial charge < -0.3 is 14.5 Å². The minimum absolute atomic E-state index is 0.187. The summed E-state index contributed by atoms with van der Waals surface area (Å²) in [6.45, 7) is 4.42. The Kier molecular flexibility index (Phi) is 3.94. The fourth-order valence-corrected chi connectivity index (χ4v) is 1.68. The van der Waals surface area contributed by atoms with Gasteiger partial charge in [-0.05, 0) is 24.6 Å². The van der Waals surface area contributed by atoms with Gasteiger partial charge in [-0.2, -0.15) is 0 Å². The molecule has 0 saturated carbocycles. The van der Waals surface area contributed by atoms with Crippen molar-refractivity contribution in [1.82, 2.24) is 15.5 Å². The fourth-order valence-electron chi connectivity index (χ4n) is 1.68. The van der Waals surface area contributed by atoms with Crippen LogP contribution in [0.4, 0.5) is 0 Å². The van der Waals surface area contributed by atoms with Crippen molar-refractivity contribution in [1.29, 1.82) is 0 Å². The van der Waals surface area contributed by atoms with E-state index in [1.54, 1.807) is 14.0 Å². The molecular weight excluding hydrogens is 230 g/mol. The summed E-state index contributed by atoms with van der Waals surface area (Å²) in [6, 6.07) is 8.16. The summed E-state index contributed by atoms with van der Waals surface area (Å²) < 4.78 is 10.5. The van der Waals surface area contributed by atoms with Crippen molar-refractivity contribution in [2.75, 3.05) is 7.11 Å². The van der Waals surface area contributed by atoms with Gasteiger partial charge in [-0.3, -0.25) is 0 Å². The lowest BCUT2D eigenvalue weighted by atomic mass is 10.1. The molecule has 5 heteroatoms. The monoisotopic (exact) mass is 247 g/mol. The number of nitrogens with zero attached hydrogens (tertiary/aromatic N) is 2. The zero-order chi connectivity index (χ0) is 13.0. The highest BCUT2D eigenvalue weighted by atomic mass is 16.5. The Bertz CT molecular complexity index is 510. The van der Waals surface area contributed by atoms with E-state index in [2.05, 4.69) is 28.5 Å². The number of hydrogen-bond acceptors (Lipinski definition) is 5. The Morgan fingerprint density at radius 2 is 2.22 bits per heavy atom. The molecule has 5 nitrogen and oxygen atoms in total. The molecule has 0 unspecified atom stereocenters. The lowest BCUT2D eigenvalue weighted by Gasteiger charge is -2.13.